The van der Waals surface area contributed by atoms with Crippen LogP contribution in [0.15, 0.2) is 24.3 Å². The third-order valence-electron chi connectivity index (χ3n) is 4.59. The van der Waals surface area contributed by atoms with Crippen LogP contribution < -0.4 is 5.73 Å². The summed E-state index contributed by atoms with van der Waals surface area (Å²) in [7, 11) is 0. The van der Waals surface area contributed by atoms with E-state index in [1.54, 1.807) is 0 Å². The highest BCUT2D eigenvalue weighted by Crippen LogP contribution is 2.50. The second-order valence-corrected chi connectivity index (χ2v) is 6.15. The van der Waals surface area contributed by atoms with Crippen molar-refractivity contribution in [1.82, 2.24) is 4.90 Å². The van der Waals surface area contributed by atoms with E-state index < -0.39 is 0 Å². The van der Waals surface area contributed by atoms with Crippen LogP contribution in [0.4, 0.5) is 5.69 Å². The van der Waals surface area contributed by atoms with Gasteiger partial charge >= 0.3 is 0 Å². The molecule has 114 valence electrons. The van der Waals surface area contributed by atoms with Crippen LogP contribution in [0.5, 0.6) is 0 Å². The van der Waals surface area contributed by atoms with Crippen LogP contribution in [0.25, 0.3) is 0 Å². The number of carbonyl (C=O) groups excluding carboxylic acids is 1. The van der Waals surface area contributed by atoms with E-state index in [0.29, 0.717) is 18.8 Å². The molecule has 0 radical (unpaired) electrons. The normalized spacial score (nSPS) is 27.4. The van der Waals surface area contributed by atoms with Crippen LogP contribution in [-0.4, -0.2) is 47.8 Å². The number of carbonyl (C=O) groups is 1. The van der Waals surface area contributed by atoms with Crippen LogP contribution in [0.3, 0.4) is 0 Å². The first-order valence-corrected chi connectivity index (χ1v) is 7.46. The maximum Gasteiger partial charge on any atom is 0.233 e. The van der Waals surface area contributed by atoms with Crippen molar-refractivity contribution in [3.63, 3.8) is 0 Å². The monoisotopic (exact) mass is 290 g/mol. The number of morpholine rings is 1. The first kappa shape index (κ1) is 14.4. The van der Waals surface area contributed by atoms with Gasteiger partial charge in [-0.2, -0.15) is 0 Å². The van der Waals surface area contributed by atoms with E-state index in [0.717, 1.165) is 18.4 Å². The predicted octanol–water partition coefficient (Wildman–Crippen LogP) is 0.909. The van der Waals surface area contributed by atoms with Gasteiger partial charge in [0.15, 0.2) is 0 Å². The number of hydrogen-bond acceptors (Lipinski definition) is 4. The smallest absolute Gasteiger partial charge is 0.233 e. The molecule has 1 saturated carbocycles. The molecule has 1 heterocycles. The first-order chi connectivity index (χ1) is 10.1. The van der Waals surface area contributed by atoms with E-state index in [1.165, 1.54) is 0 Å². The molecule has 1 aliphatic carbocycles. The molecule has 2 atom stereocenters. The molecule has 0 spiro atoms. The van der Waals surface area contributed by atoms with Gasteiger partial charge in [0.25, 0.3) is 0 Å². The summed E-state index contributed by atoms with van der Waals surface area (Å²) < 4.78 is 5.51. The first-order valence-electron chi connectivity index (χ1n) is 7.46. The number of hydrogen-bond donors (Lipinski definition) is 2. The van der Waals surface area contributed by atoms with Crippen molar-refractivity contribution in [3.05, 3.63) is 29.8 Å². The highest BCUT2D eigenvalue weighted by Gasteiger charge is 2.54. The number of nitrogens with zero attached hydrogens (tertiary/aromatic N) is 1. The van der Waals surface area contributed by atoms with Gasteiger partial charge in [-0.15, -0.1) is 0 Å². The van der Waals surface area contributed by atoms with Gasteiger partial charge in [-0.3, -0.25) is 4.79 Å². The molecule has 0 bridgehead atoms. The van der Waals surface area contributed by atoms with Crippen LogP contribution in [0, 0.1) is 0 Å². The Kier molecular flexibility index (Phi) is 3.63. The van der Waals surface area contributed by atoms with E-state index in [2.05, 4.69) is 0 Å². The van der Waals surface area contributed by atoms with Gasteiger partial charge in [-0.25, -0.2) is 0 Å². The number of anilines is 1. The molecule has 5 heteroatoms. The minimum Gasteiger partial charge on any atom is -0.399 e. The maximum atomic E-state index is 13.0. The van der Waals surface area contributed by atoms with Crippen molar-refractivity contribution >= 4 is 11.6 Å². The Hall–Kier alpha value is -1.59. The SMILES string of the molecule is CC1COC(CO)CN1C(=O)C1(c2ccc(N)cc2)CC1. The largest absolute Gasteiger partial charge is 0.399 e. The molecule has 3 N–H and O–H groups in total. The summed E-state index contributed by atoms with van der Waals surface area (Å²) in [6.07, 6.45) is 1.49. The van der Waals surface area contributed by atoms with Crippen molar-refractivity contribution in [3.8, 4) is 0 Å². The zero-order chi connectivity index (χ0) is 15.0. The highest BCUT2D eigenvalue weighted by atomic mass is 16.5. The van der Waals surface area contributed by atoms with Gasteiger partial charge in [0.05, 0.1) is 30.8 Å². The van der Waals surface area contributed by atoms with Crippen LogP contribution in [-0.2, 0) is 14.9 Å². The summed E-state index contributed by atoms with van der Waals surface area (Å²) >= 11 is 0. The molecule has 1 aliphatic heterocycles. The number of nitrogen functional groups attached to an aromatic ring is 1. The number of benzene rings is 1. The fourth-order valence-corrected chi connectivity index (χ4v) is 3.04. The quantitative estimate of drug-likeness (QED) is 0.811. The molecule has 3 rings (SSSR count). The lowest BCUT2D eigenvalue weighted by Crippen LogP contribution is -2.54. The summed E-state index contributed by atoms with van der Waals surface area (Å²) in [5, 5.41) is 9.27. The van der Waals surface area contributed by atoms with Gasteiger partial charge in [-0.1, -0.05) is 12.1 Å². The van der Waals surface area contributed by atoms with E-state index in [9.17, 15) is 9.90 Å². The topological polar surface area (TPSA) is 75.8 Å². The highest BCUT2D eigenvalue weighted by molar-refractivity contribution is 5.91. The molecule has 1 aromatic carbocycles. The Morgan fingerprint density at radius 3 is 2.67 bits per heavy atom. The fraction of sp³-hybridized carbons (Fsp3) is 0.562. The Morgan fingerprint density at radius 1 is 1.43 bits per heavy atom. The van der Waals surface area contributed by atoms with Gasteiger partial charge in [-0.05, 0) is 37.5 Å². The molecule has 1 amide bonds. The number of aliphatic hydroxyl groups is 1. The lowest BCUT2D eigenvalue weighted by molar-refractivity contribution is -0.148. The Labute approximate surface area is 124 Å². The van der Waals surface area contributed by atoms with E-state index >= 15 is 0 Å². The van der Waals surface area contributed by atoms with Gasteiger partial charge in [0.2, 0.25) is 5.91 Å². The fourth-order valence-electron chi connectivity index (χ4n) is 3.04. The molecule has 2 fully saturated rings. The molecule has 1 saturated heterocycles. The summed E-state index contributed by atoms with van der Waals surface area (Å²) in [5.74, 6) is 0.154. The summed E-state index contributed by atoms with van der Waals surface area (Å²) in [5.41, 5.74) is 7.09. The van der Waals surface area contributed by atoms with Crippen LogP contribution in [0.2, 0.25) is 0 Å². The minimum absolute atomic E-state index is 0.0477. The van der Waals surface area contributed by atoms with Crippen molar-refractivity contribution in [1.29, 1.82) is 0 Å². The van der Waals surface area contributed by atoms with Crippen molar-refractivity contribution in [2.45, 2.75) is 37.3 Å². The van der Waals surface area contributed by atoms with E-state index in [4.69, 9.17) is 10.5 Å². The zero-order valence-electron chi connectivity index (χ0n) is 12.3. The molecular weight excluding hydrogens is 268 g/mol. The summed E-state index contributed by atoms with van der Waals surface area (Å²) in [6.45, 7) is 2.89. The molecule has 5 nitrogen and oxygen atoms in total. The number of ether oxygens (including phenoxy) is 1. The average Bonchev–Trinajstić information content (AvgIpc) is 3.29. The molecule has 0 aromatic heterocycles. The lowest BCUT2D eigenvalue weighted by atomic mass is 9.93. The maximum absolute atomic E-state index is 13.0. The molecule has 1 aromatic rings. The number of rotatable bonds is 3. The van der Waals surface area contributed by atoms with Crippen LogP contribution in [0.1, 0.15) is 25.3 Å². The lowest BCUT2D eigenvalue weighted by Gasteiger charge is -2.39. The molecular formula is C16H22N2O3. The third kappa shape index (κ3) is 2.51. The predicted molar refractivity (Wildman–Crippen MR) is 79.8 cm³/mol. The van der Waals surface area contributed by atoms with E-state index in [1.807, 2.05) is 36.1 Å². The number of amides is 1. The zero-order valence-corrected chi connectivity index (χ0v) is 12.3. The van der Waals surface area contributed by atoms with Gasteiger partial charge < -0.3 is 20.5 Å². The summed E-state index contributed by atoms with van der Waals surface area (Å²) in [4.78, 5) is 14.9. The van der Waals surface area contributed by atoms with E-state index in [-0.39, 0.29) is 30.1 Å². The van der Waals surface area contributed by atoms with Crippen molar-refractivity contribution < 1.29 is 14.6 Å². The average molecular weight is 290 g/mol. The molecule has 21 heavy (non-hydrogen) atoms. The van der Waals surface area contributed by atoms with Crippen molar-refractivity contribution in [2.75, 3.05) is 25.5 Å². The van der Waals surface area contributed by atoms with Gasteiger partial charge in [0.1, 0.15) is 0 Å². The molecule has 2 aliphatic rings. The number of aliphatic hydroxyl groups excluding tert-OH is 1. The Bertz CT molecular complexity index is 525. The third-order valence-corrected chi connectivity index (χ3v) is 4.59. The summed E-state index contributed by atoms with van der Waals surface area (Å²) in [6, 6.07) is 7.65. The second kappa shape index (κ2) is 5.31. The number of nitrogens with two attached hydrogens (primary N) is 1. The Morgan fingerprint density at radius 2 is 2.10 bits per heavy atom. The standard InChI is InChI=1S/C16H22N2O3/c1-11-10-21-14(9-19)8-18(11)15(20)16(6-7-16)12-2-4-13(17)5-3-12/h2-5,11,14,19H,6-10,17H2,1H3. The molecule has 2 unspecified atom stereocenters. The second-order valence-electron chi connectivity index (χ2n) is 6.15. The van der Waals surface area contributed by atoms with Crippen molar-refractivity contribution in [2.24, 2.45) is 0 Å². The minimum atomic E-state index is -0.390. The van der Waals surface area contributed by atoms with Crippen LogP contribution >= 0.6 is 0 Å². The Balaban J connectivity index is 1.82. The van der Waals surface area contributed by atoms with Gasteiger partial charge in [0, 0.05) is 12.2 Å².